The molecule has 136 valence electrons. The number of carbonyl (C=O) groups is 1. The van der Waals surface area contributed by atoms with E-state index >= 15 is 0 Å². The summed E-state index contributed by atoms with van der Waals surface area (Å²) >= 11 is 1.45. The summed E-state index contributed by atoms with van der Waals surface area (Å²) in [6.45, 7) is 2.68. The van der Waals surface area contributed by atoms with Gasteiger partial charge in [0.2, 0.25) is 0 Å². The van der Waals surface area contributed by atoms with Crippen LogP contribution in [0.1, 0.15) is 17.3 Å². The molecule has 0 saturated carbocycles. The van der Waals surface area contributed by atoms with E-state index in [9.17, 15) is 4.79 Å². The molecule has 0 N–H and O–H groups in total. The van der Waals surface area contributed by atoms with Crippen LogP contribution in [0.5, 0.6) is 17.2 Å². The van der Waals surface area contributed by atoms with Crippen LogP contribution in [0.2, 0.25) is 0 Å². The van der Waals surface area contributed by atoms with E-state index in [0.717, 1.165) is 16.0 Å². The number of aryl methyl sites for hydroxylation is 1. The van der Waals surface area contributed by atoms with Gasteiger partial charge in [0.25, 0.3) is 5.91 Å². The van der Waals surface area contributed by atoms with Crippen LogP contribution < -0.4 is 19.0 Å². The summed E-state index contributed by atoms with van der Waals surface area (Å²) in [6, 6.07) is 10.9. The van der Waals surface area contributed by atoms with E-state index in [1.165, 1.54) is 18.4 Å². The predicted octanol–water partition coefficient (Wildman–Crippen LogP) is 3.49. The molecular formula is C19H20N2O4S. The minimum atomic E-state index is -0.364. The van der Waals surface area contributed by atoms with E-state index in [1.54, 1.807) is 32.4 Å². The standard InChI is InChI=1S/C19H20N2O4S/c1-5-21-17-14(24-3)7-6-8-16(17)26-19(21)20-18(22)13-10-9-12(23-2)11-15(13)25-4/h6-11H,5H2,1-4H3. The first-order chi connectivity index (χ1) is 12.6. The molecule has 0 aliphatic heterocycles. The molecule has 1 heterocycles. The number of carbonyl (C=O) groups excluding carboxylic acids is 1. The van der Waals surface area contributed by atoms with E-state index in [4.69, 9.17) is 14.2 Å². The summed E-state index contributed by atoms with van der Waals surface area (Å²) in [4.78, 5) is 17.7. The lowest BCUT2D eigenvalue weighted by molar-refractivity contribution is 0.0995. The second kappa shape index (κ2) is 7.61. The second-order valence-corrected chi connectivity index (χ2v) is 6.43. The maximum absolute atomic E-state index is 12.8. The van der Waals surface area contributed by atoms with Crippen LogP contribution in [-0.4, -0.2) is 31.8 Å². The fraction of sp³-hybridized carbons (Fsp3) is 0.263. The lowest BCUT2D eigenvalue weighted by Gasteiger charge is -2.08. The van der Waals surface area contributed by atoms with Crippen molar-refractivity contribution in [3.05, 3.63) is 46.8 Å². The lowest BCUT2D eigenvalue weighted by Crippen LogP contribution is -2.16. The van der Waals surface area contributed by atoms with Crippen LogP contribution in [0, 0.1) is 0 Å². The number of hydrogen-bond acceptors (Lipinski definition) is 5. The number of hydrogen-bond donors (Lipinski definition) is 0. The van der Waals surface area contributed by atoms with Crippen LogP contribution in [0.4, 0.5) is 0 Å². The minimum Gasteiger partial charge on any atom is -0.497 e. The zero-order valence-corrected chi connectivity index (χ0v) is 15.9. The molecular weight excluding hydrogens is 352 g/mol. The van der Waals surface area contributed by atoms with E-state index in [0.29, 0.717) is 28.4 Å². The van der Waals surface area contributed by atoms with Crippen LogP contribution >= 0.6 is 11.3 Å². The van der Waals surface area contributed by atoms with Gasteiger partial charge in [-0.3, -0.25) is 4.79 Å². The predicted molar refractivity (Wildman–Crippen MR) is 101 cm³/mol. The molecule has 0 saturated heterocycles. The van der Waals surface area contributed by atoms with Crippen molar-refractivity contribution in [1.29, 1.82) is 0 Å². The highest BCUT2D eigenvalue weighted by atomic mass is 32.1. The fourth-order valence-electron chi connectivity index (χ4n) is 2.76. The van der Waals surface area contributed by atoms with E-state index < -0.39 is 0 Å². The first kappa shape index (κ1) is 18.0. The molecule has 0 unspecified atom stereocenters. The highest BCUT2D eigenvalue weighted by Crippen LogP contribution is 2.28. The van der Waals surface area contributed by atoms with Gasteiger partial charge < -0.3 is 18.8 Å². The highest BCUT2D eigenvalue weighted by molar-refractivity contribution is 7.16. The molecule has 2 aromatic carbocycles. The van der Waals surface area contributed by atoms with Crippen molar-refractivity contribution >= 4 is 27.5 Å². The molecule has 0 fully saturated rings. The molecule has 1 amide bonds. The number of amides is 1. The SMILES string of the molecule is CCn1c(=NC(=O)c2ccc(OC)cc2OC)sc2cccc(OC)c21. The van der Waals surface area contributed by atoms with Gasteiger partial charge in [-0.05, 0) is 31.2 Å². The average Bonchev–Trinajstić information content (AvgIpc) is 3.04. The van der Waals surface area contributed by atoms with Gasteiger partial charge in [-0.2, -0.15) is 4.99 Å². The maximum atomic E-state index is 12.8. The molecule has 0 spiro atoms. The van der Waals surface area contributed by atoms with Crippen molar-refractivity contribution in [2.45, 2.75) is 13.5 Å². The topological polar surface area (TPSA) is 62.1 Å². The molecule has 7 heteroatoms. The van der Waals surface area contributed by atoms with Gasteiger partial charge in [0, 0.05) is 12.6 Å². The maximum Gasteiger partial charge on any atom is 0.283 e. The first-order valence-corrected chi connectivity index (χ1v) is 8.92. The number of benzene rings is 2. The van der Waals surface area contributed by atoms with Crippen LogP contribution in [-0.2, 0) is 6.54 Å². The third-order valence-electron chi connectivity index (χ3n) is 4.04. The van der Waals surface area contributed by atoms with E-state index in [-0.39, 0.29) is 5.91 Å². The summed E-state index contributed by atoms with van der Waals surface area (Å²) in [5, 5.41) is 0. The van der Waals surface area contributed by atoms with Gasteiger partial charge in [-0.15, -0.1) is 0 Å². The summed E-state index contributed by atoms with van der Waals surface area (Å²) in [7, 11) is 4.72. The first-order valence-electron chi connectivity index (χ1n) is 8.10. The number of ether oxygens (including phenoxy) is 3. The molecule has 0 atom stereocenters. The third kappa shape index (κ3) is 3.17. The molecule has 0 bridgehead atoms. The molecule has 6 nitrogen and oxygen atoms in total. The molecule has 0 radical (unpaired) electrons. The zero-order chi connectivity index (χ0) is 18.7. The van der Waals surface area contributed by atoms with Crippen molar-refractivity contribution in [3.63, 3.8) is 0 Å². The Kier molecular flexibility index (Phi) is 5.27. The summed E-state index contributed by atoms with van der Waals surface area (Å²) in [5.74, 6) is 1.45. The molecule has 0 aliphatic carbocycles. The Morgan fingerprint density at radius 2 is 1.85 bits per heavy atom. The Morgan fingerprint density at radius 3 is 2.50 bits per heavy atom. The monoisotopic (exact) mass is 372 g/mol. The Bertz CT molecular complexity index is 1020. The van der Waals surface area contributed by atoms with Gasteiger partial charge >= 0.3 is 0 Å². The highest BCUT2D eigenvalue weighted by Gasteiger charge is 2.15. The summed E-state index contributed by atoms with van der Waals surface area (Å²) < 4.78 is 18.9. The van der Waals surface area contributed by atoms with Gasteiger partial charge in [-0.1, -0.05) is 17.4 Å². The van der Waals surface area contributed by atoms with Crippen LogP contribution in [0.3, 0.4) is 0 Å². The van der Waals surface area contributed by atoms with Gasteiger partial charge in [0.05, 0.1) is 31.6 Å². The van der Waals surface area contributed by atoms with E-state index in [1.807, 2.05) is 29.7 Å². The number of rotatable bonds is 5. The fourth-order valence-corrected chi connectivity index (χ4v) is 3.87. The molecule has 3 rings (SSSR count). The quantitative estimate of drug-likeness (QED) is 0.688. The number of nitrogens with zero attached hydrogens (tertiary/aromatic N) is 2. The third-order valence-corrected chi connectivity index (χ3v) is 5.08. The van der Waals surface area contributed by atoms with Crippen molar-refractivity contribution < 1.29 is 19.0 Å². The van der Waals surface area contributed by atoms with E-state index in [2.05, 4.69) is 4.99 Å². The van der Waals surface area contributed by atoms with Crippen molar-refractivity contribution in [2.75, 3.05) is 21.3 Å². The smallest absolute Gasteiger partial charge is 0.283 e. The van der Waals surface area contributed by atoms with Crippen molar-refractivity contribution in [2.24, 2.45) is 4.99 Å². The Labute approximate surface area is 155 Å². The normalized spacial score (nSPS) is 11.6. The van der Waals surface area contributed by atoms with Crippen molar-refractivity contribution in [1.82, 2.24) is 4.57 Å². The number of thiazole rings is 1. The van der Waals surface area contributed by atoms with Crippen LogP contribution in [0.15, 0.2) is 41.4 Å². The van der Waals surface area contributed by atoms with Crippen LogP contribution in [0.25, 0.3) is 10.2 Å². The summed E-state index contributed by atoms with van der Waals surface area (Å²) in [6.07, 6.45) is 0. The van der Waals surface area contributed by atoms with Gasteiger partial charge in [0.1, 0.15) is 22.8 Å². The molecule has 3 aromatic rings. The number of para-hydroxylation sites is 1. The van der Waals surface area contributed by atoms with Crippen molar-refractivity contribution in [3.8, 4) is 17.2 Å². The Hall–Kier alpha value is -2.80. The Balaban J connectivity index is 2.15. The molecule has 0 aliphatic rings. The molecule has 26 heavy (non-hydrogen) atoms. The number of aromatic nitrogens is 1. The Morgan fingerprint density at radius 1 is 1.08 bits per heavy atom. The lowest BCUT2D eigenvalue weighted by atomic mass is 10.2. The van der Waals surface area contributed by atoms with Gasteiger partial charge in [-0.25, -0.2) is 0 Å². The van der Waals surface area contributed by atoms with Gasteiger partial charge in [0.15, 0.2) is 4.80 Å². The average molecular weight is 372 g/mol. The molecule has 1 aromatic heterocycles. The number of fused-ring (bicyclic) bond motifs is 1. The number of methoxy groups -OCH3 is 3. The zero-order valence-electron chi connectivity index (χ0n) is 15.1. The second-order valence-electron chi connectivity index (χ2n) is 5.42. The minimum absolute atomic E-state index is 0.364. The largest absolute Gasteiger partial charge is 0.497 e. The summed E-state index contributed by atoms with van der Waals surface area (Å²) in [5.41, 5.74) is 1.33.